The van der Waals surface area contributed by atoms with Crippen LogP contribution in [0.15, 0.2) is 59.5 Å². The molecule has 3 rings (SSSR count). The zero-order valence-corrected chi connectivity index (χ0v) is 14.1. The summed E-state index contributed by atoms with van der Waals surface area (Å²) in [6.45, 7) is 3.61. The highest BCUT2D eigenvalue weighted by Gasteiger charge is 2.22. The molecule has 3 aromatic rings. The monoisotopic (exact) mass is 343 g/mol. The average Bonchev–Trinajstić information content (AvgIpc) is 3.05. The number of tetrazole rings is 1. The second-order valence-electron chi connectivity index (χ2n) is 5.44. The van der Waals surface area contributed by atoms with Gasteiger partial charge in [-0.3, -0.25) is 0 Å². The van der Waals surface area contributed by atoms with Crippen LogP contribution < -0.4 is 4.72 Å². The molecule has 0 aliphatic rings. The van der Waals surface area contributed by atoms with E-state index in [9.17, 15) is 8.42 Å². The highest BCUT2D eigenvalue weighted by Crippen LogP contribution is 2.17. The minimum Gasteiger partial charge on any atom is -0.207 e. The number of aromatic nitrogens is 4. The number of nitrogens with one attached hydrogen (secondary N) is 1. The molecule has 1 aromatic heterocycles. The third-order valence-corrected chi connectivity index (χ3v) is 5.10. The molecule has 24 heavy (non-hydrogen) atoms. The van der Waals surface area contributed by atoms with Crippen LogP contribution in [-0.4, -0.2) is 28.6 Å². The molecule has 2 aromatic carbocycles. The molecular formula is C16H17N5O2S. The van der Waals surface area contributed by atoms with Gasteiger partial charge in [-0.05, 0) is 48.5 Å². The van der Waals surface area contributed by atoms with Crippen molar-refractivity contribution in [2.45, 2.75) is 24.8 Å². The van der Waals surface area contributed by atoms with Crippen LogP contribution in [0.3, 0.4) is 0 Å². The molecule has 124 valence electrons. The van der Waals surface area contributed by atoms with Gasteiger partial charge in [0.15, 0.2) is 5.82 Å². The van der Waals surface area contributed by atoms with Crippen molar-refractivity contribution in [3.8, 4) is 5.69 Å². The van der Waals surface area contributed by atoms with Crippen molar-refractivity contribution in [1.29, 1.82) is 0 Å². The predicted octanol–water partition coefficient (Wildman–Crippen LogP) is 2.01. The van der Waals surface area contributed by atoms with E-state index >= 15 is 0 Å². The van der Waals surface area contributed by atoms with Gasteiger partial charge in [-0.15, -0.1) is 5.10 Å². The number of hydrogen-bond acceptors (Lipinski definition) is 5. The van der Waals surface area contributed by atoms with Crippen molar-refractivity contribution in [1.82, 2.24) is 24.9 Å². The topological polar surface area (TPSA) is 89.8 Å². The van der Waals surface area contributed by atoms with E-state index in [1.54, 1.807) is 31.2 Å². The SMILES string of the molecule is Cc1ccc(S(=O)(=O)NC(C)c2nnnn2-c2ccccc2)cc1. The Bertz CT molecular complexity index is 921. The molecule has 0 saturated heterocycles. The van der Waals surface area contributed by atoms with E-state index in [4.69, 9.17) is 0 Å². The summed E-state index contributed by atoms with van der Waals surface area (Å²) in [6.07, 6.45) is 0. The number of benzene rings is 2. The van der Waals surface area contributed by atoms with Crippen LogP contribution in [0.2, 0.25) is 0 Å². The molecule has 1 atom stereocenters. The maximum absolute atomic E-state index is 12.5. The third kappa shape index (κ3) is 3.34. The highest BCUT2D eigenvalue weighted by atomic mass is 32.2. The summed E-state index contributed by atoms with van der Waals surface area (Å²) in [4.78, 5) is 0.207. The molecule has 1 heterocycles. The van der Waals surface area contributed by atoms with Gasteiger partial charge in [0, 0.05) is 0 Å². The lowest BCUT2D eigenvalue weighted by Crippen LogP contribution is -2.28. The van der Waals surface area contributed by atoms with Gasteiger partial charge >= 0.3 is 0 Å². The number of rotatable bonds is 5. The molecule has 8 heteroatoms. The van der Waals surface area contributed by atoms with Gasteiger partial charge in [0.1, 0.15) is 0 Å². The van der Waals surface area contributed by atoms with Gasteiger partial charge in [-0.2, -0.15) is 4.68 Å². The van der Waals surface area contributed by atoms with Crippen LogP contribution in [0.4, 0.5) is 0 Å². The van der Waals surface area contributed by atoms with Crippen molar-refractivity contribution in [3.63, 3.8) is 0 Å². The van der Waals surface area contributed by atoms with E-state index in [1.807, 2.05) is 37.3 Å². The molecule has 1 unspecified atom stereocenters. The van der Waals surface area contributed by atoms with Crippen LogP contribution >= 0.6 is 0 Å². The van der Waals surface area contributed by atoms with Gasteiger partial charge in [-0.25, -0.2) is 13.1 Å². The smallest absolute Gasteiger partial charge is 0.207 e. The van der Waals surface area contributed by atoms with E-state index in [0.717, 1.165) is 11.3 Å². The zero-order chi connectivity index (χ0) is 17.2. The van der Waals surface area contributed by atoms with Crippen LogP contribution in [0.25, 0.3) is 5.69 Å². The molecule has 0 amide bonds. The Balaban J connectivity index is 1.87. The third-order valence-electron chi connectivity index (χ3n) is 3.54. The summed E-state index contributed by atoms with van der Waals surface area (Å²) in [5, 5.41) is 11.6. The van der Waals surface area contributed by atoms with E-state index < -0.39 is 16.1 Å². The first-order valence-corrected chi connectivity index (χ1v) is 8.88. The fourth-order valence-electron chi connectivity index (χ4n) is 2.29. The van der Waals surface area contributed by atoms with Crippen molar-refractivity contribution in [2.24, 2.45) is 0 Å². The minimum atomic E-state index is -3.66. The molecule has 0 bridgehead atoms. The number of hydrogen-bond donors (Lipinski definition) is 1. The van der Waals surface area contributed by atoms with Crippen LogP contribution in [0.1, 0.15) is 24.4 Å². The number of para-hydroxylation sites is 1. The van der Waals surface area contributed by atoms with Gasteiger partial charge in [0.05, 0.1) is 16.6 Å². The number of aryl methyl sites for hydroxylation is 1. The first-order chi connectivity index (χ1) is 11.5. The molecule has 0 radical (unpaired) electrons. The van der Waals surface area contributed by atoms with E-state index in [-0.39, 0.29) is 4.90 Å². The summed E-state index contributed by atoms with van der Waals surface area (Å²) in [6, 6.07) is 15.4. The molecule has 0 saturated carbocycles. The molecule has 0 aliphatic heterocycles. The van der Waals surface area contributed by atoms with Gasteiger partial charge in [-0.1, -0.05) is 35.9 Å². The molecule has 0 aliphatic carbocycles. The quantitative estimate of drug-likeness (QED) is 0.765. The molecule has 0 fully saturated rings. The molecule has 0 spiro atoms. The molecule has 7 nitrogen and oxygen atoms in total. The lowest BCUT2D eigenvalue weighted by Gasteiger charge is -2.14. The highest BCUT2D eigenvalue weighted by molar-refractivity contribution is 7.89. The van der Waals surface area contributed by atoms with Crippen molar-refractivity contribution in [2.75, 3.05) is 0 Å². The van der Waals surface area contributed by atoms with E-state index in [1.165, 1.54) is 4.68 Å². The van der Waals surface area contributed by atoms with E-state index in [2.05, 4.69) is 20.2 Å². The Hall–Kier alpha value is -2.58. The molecule has 1 N–H and O–H groups in total. The summed E-state index contributed by atoms with van der Waals surface area (Å²) < 4.78 is 29.1. The summed E-state index contributed by atoms with van der Waals surface area (Å²) in [5.74, 6) is 0.414. The maximum Gasteiger partial charge on any atom is 0.241 e. The maximum atomic E-state index is 12.5. The van der Waals surface area contributed by atoms with Crippen molar-refractivity contribution >= 4 is 10.0 Å². The Morgan fingerprint density at radius 1 is 1.04 bits per heavy atom. The van der Waals surface area contributed by atoms with E-state index in [0.29, 0.717) is 5.82 Å². The minimum absolute atomic E-state index is 0.207. The van der Waals surface area contributed by atoms with Crippen molar-refractivity contribution in [3.05, 3.63) is 66.0 Å². The lowest BCUT2D eigenvalue weighted by molar-refractivity contribution is 0.555. The van der Waals surface area contributed by atoms with Gasteiger partial charge in [0.2, 0.25) is 10.0 Å². The Labute approximate surface area is 140 Å². The average molecular weight is 343 g/mol. The summed E-state index contributed by atoms with van der Waals surface area (Å²) in [7, 11) is -3.66. The Morgan fingerprint density at radius 3 is 2.38 bits per heavy atom. The van der Waals surface area contributed by atoms with Crippen molar-refractivity contribution < 1.29 is 8.42 Å². The predicted molar refractivity (Wildman–Crippen MR) is 89.1 cm³/mol. The summed E-state index contributed by atoms with van der Waals surface area (Å²) >= 11 is 0. The fraction of sp³-hybridized carbons (Fsp3) is 0.188. The number of nitrogens with zero attached hydrogens (tertiary/aromatic N) is 4. The second kappa shape index (κ2) is 6.50. The summed E-state index contributed by atoms with van der Waals surface area (Å²) in [5.41, 5.74) is 1.76. The first kappa shape index (κ1) is 16.3. The Morgan fingerprint density at radius 2 is 1.71 bits per heavy atom. The first-order valence-electron chi connectivity index (χ1n) is 7.40. The number of sulfonamides is 1. The zero-order valence-electron chi connectivity index (χ0n) is 13.3. The van der Waals surface area contributed by atoms with Gasteiger partial charge in [0.25, 0.3) is 0 Å². The normalized spacial score (nSPS) is 12.9. The molecular weight excluding hydrogens is 326 g/mol. The van der Waals surface area contributed by atoms with Crippen LogP contribution in [0.5, 0.6) is 0 Å². The standard InChI is InChI=1S/C16H17N5O2S/c1-12-8-10-15(11-9-12)24(22,23)18-13(2)16-17-19-20-21(16)14-6-4-3-5-7-14/h3-11,13,18H,1-2H3. The lowest BCUT2D eigenvalue weighted by atomic mass is 10.2. The largest absolute Gasteiger partial charge is 0.241 e. The fourth-order valence-corrected chi connectivity index (χ4v) is 3.49. The van der Waals surface area contributed by atoms with Gasteiger partial charge < -0.3 is 0 Å². The van der Waals surface area contributed by atoms with Crippen LogP contribution in [0, 0.1) is 6.92 Å². The Kier molecular flexibility index (Phi) is 4.41. The van der Waals surface area contributed by atoms with Crippen LogP contribution in [-0.2, 0) is 10.0 Å². The second-order valence-corrected chi connectivity index (χ2v) is 7.15.